The van der Waals surface area contributed by atoms with Crippen LogP contribution in [0.25, 0.3) is 0 Å². The molecule has 0 radical (unpaired) electrons. The minimum absolute atomic E-state index is 0.0316. The number of para-hydroxylation sites is 1. The Kier molecular flexibility index (Phi) is 6.85. The van der Waals surface area contributed by atoms with E-state index in [-0.39, 0.29) is 11.9 Å². The number of hydrogen-bond acceptors (Lipinski definition) is 2. The molecule has 3 rings (SSSR count). The van der Waals surface area contributed by atoms with Gasteiger partial charge in [-0.1, -0.05) is 86.6 Å². The molecule has 0 spiro atoms. The number of nitrogens with one attached hydrogen (secondary N) is 1. The van der Waals surface area contributed by atoms with E-state index < -0.39 is 0 Å². The normalized spacial score (nSPS) is 11.8. The highest BCUT2D eigenvalue weighted by atomic mass is 16.5. The van der Waals surface area contributed by atoms with Gasteiger partial charge in [0.25, 0.3) is 5.91 Å². The molecule has 3 aromatic carbocycles. The summed E-state index contributed by atoms with van der Waals surface area (Å²) < 4.78 is 5.95. The lowest BCUT2D eigenvalue weighted by molar-refractivity contribution is 0.0927. The van der Waals surface area contributed by atoms with Gasteiger partial charge in [-0.2, -0.15) is 0 Å². The molecule has 144 valence electrons. The predicted molar refractivity (Wildman–Crippen MR) is 113 cm³/mol. The van der Waals surface area contributed by atoms with Gasteiger partial charge < -0.3 is 10.1 Å². The predicted octanol–water partition coefficient (Wildman–Crippen LogP) is 5.78. The van der Waals surface area contributed by atoms with Gasteiger partial charge in [-0.25, -0.2) is 0 Å². The number of ether oxygens (including phenoxy) is 1. The summed E-state index contributed by atoms with van der Waals surface area (Å²) in [4.78, 5) is 13.1. The Morgan fingerprint density at radius 1 is 0.857 bits per heavy atom. The second-order valence-corrected chi connectivity index (χ2v) is 7.34. The Morgan fingerprint density at radius 2 is 1.46 bits per heavy atom. The van der Waals surface area contributed by atoms with E-state index in [4.69, 9.17) is 4.74 Å². The van der Waals surface area contributed by atoms with Crippen molar-refractivity contribution >= 4 is 5.91 Å². The van der Waals surface area contributed by atoms with Gasteiger partial charge in [0.2, 0.25) is 0 Å². The molecule has 0 fully saturated rings. The maximum Gasteiger partial charge on any atom is 0.255 e. The third-order valence-electron chi connectivity index (χ3n) is 4.58. The molecule has 1 N–H and O–H groups in total. The lowest BCUT2D eigenvalue weighted by Gasteiger charge is -2.22. The van der Waals surface area contributed by atoms with E-state index in [1.54, 1.807) is 0 Å². The highest BCUT2D eigenvalue weighted by Gasteiger charge is 2.19. The van der Waals surface area contributed by atoms with E-state index in [9.17, 15) is 4.79 Å². The van der Waals surface area contributed by atoms with E-state index >= 15 is 0 Å². The summed E-state index contributed by atoms with van der Waals surface area (Å²) in [5.41, 5.74) is 2.75. The van der Waals surface area contributed by atoms with Crippen LogP contribution in [0.4, 0.5) is 0 Å². The Morgan fingerprint density at radius 3 is 2.14 bits per heavy atom. The summed E-state index contributed by atoms with van der Waals surface area (Å²) in [6.45, 7) is 4.76. The second-order valence-electron chi connectivity index (χ2n) is 7.34. The number of hydrogen-bond donors (Lipinski definition) is 1. The zero-order valence-corrected chi connectivity index (χ0v) is 16.5. The lowest BCUT2D eigenvalue weighted by atomic mass is 9.96. The molecule has 0 aromatic heterocycles. The Bertz CT molecular complexity index is 875. The molecule has 0 saturated carbocycles. The molecule has 1 atom stereocenters. The van der Waals surface area contributed by atoms with Crippen molar-refractivity contribution in [2.24, 2.45) is 5.92 Å². The molecule has 3 nitrogen and oxygen atoms in total. The van der Waals surface area contributed by atoms with Crippen LogP contribution in [0.2, 0.25) is 0 Å². The van der Waals surface area contributed by atoms with Crippen LogP contribution < -0.4 is 10.1 Å². The molecule has 0 aliphatic carbocycles. The topological polar surface area (TPSA) is 38.3 Å². The number of rotatable bonds is 8. The maximum absolute atomic E-state index is 13.1. The number of benzene rings is 3. The minimum Gasteiger partial charge on any atom is -0.488 e. The van der Waals surface area contributed by atoms with Crippen LogP contribution in [0.5, 0.6) is 5.75 Å². The van der Waals surface area contributed by atoms with Crippen molar-refractivity contribution in [2.75, 3.05) is 0 Å². The summed E-state index contributed by atoms with van der Waals surface area (Å²) in [7, 11) is 0. The number of amides is 1. The van der Waals surface area contributed by atoms with Crippen LogP contribution in [0.1, 0.15) is 47.8 Å². The lowest BCUT2D eigenvalue weighted by Crippen LogP contribution is -2.29. The van der Waals surface area contributed by atoms with Crippen LogP contribution in [0.15, 0.2) is 84.9 Å². The van der Waals surface area contributed by atoms with E-state index in [1.807, 2.05) is 72.8 Å². The molecule has 28 heavy (non-hydrogen) atoms. The fraction of sp³-hybridized carbons (Fsp3) is 0.240. The van der Waals surface area contributed by atoms with Gasteiger partial charge in [0.15, 0.2) is 0 Å². The molecule has 0 bridgehead atoms. The largest absolute Gasteiger partial charge is 0.488 e. The summed E-state index contributed by atoms with van der Waals surface area (Å²) in [6, 6.07) is 27.5. The van der Waals surface area contributed by atoms with Gasteiger partial charge in [0.05, 0.1) is 11.6 Å². The fourth-order valence-corrected chi connectivity index (χ4v) is 3.19. The number of carbonyl (C=O) groups excluding carboxylic acids is 1. The molecule has 3 aromatic rings. The van der Waals surface area contributed by atoms with E-state index in [0.717, 1.165) is 17.5 Å². The fourth-order valence-electron chi connectivity index (χ4n) is 3.19. The molecular formula is C25H27NO2. The molecule has 0 unspecified atom stereocenters. The second kappa shape index (κ2) is 9.75. The first kappa shape index (κ1) is 19.7. The minimum atomic E-state index is -0.113. The van der Waals surface area contributed by atoms with Crippen LogP contribution in [-0.2, 0) is 6.61 Å². The van der Waals surface area contributed by atoms with Gasteiger partial charge in [-0.15, -0.1) is 0 Å². The van der Waals surface area contributed by atoms with Crippen molar-refractivity contribution in [2.45, 2.75) is 32.9 Å². The van der Waals surface area contributed by atoms with Gasteiger partial charge in [-0.3, -0.25) is 4.79 Å². The Hall–Kier alpha value is -3.07. The van der Waals surface area contributed by atoms with Gasteiger partial charge in [0, 0.05) is 0 Å². The first-order valence-corrected chi connectivity index (χ1v) is 9.75. The Labute approximate surface area is 167 Å². The first-order valence-electron chi connectivity index (χ1n) is 9.75. The van der Waals surface area contributed by atoms with Crippen LogP contribution in [0.3, 0.4) is 0 Å². The average Bonchev–Trinajstić information content (AvgIpc) is 2.73. The molecule has 0 aliphatic heterocycles. The molecular weight excluding hydrogens is 346 g/mol. The van der Waals surface area contributed by atoms with Crippen LogP contribution in [-0.4, -0.2) is 5.91 Å². The highest BCUT2D eigenvalue weighted by Crippen LogP contribution is 2.24. The van der Waals surface area contributed by atoms with E-state index in [2.05, 4.69) is 31.3 Å². The summed E-state index contributed by atoms with van der Waals surface area (Å²) in [6.07, 6.45) is 0.878. The van der Waals surface area contributed by atoms with Crippen molar-refractivity contribution < 1.29 is 9.53 Å². The summed E-state index contributed by atoms with van der Waals surface area (Å²) in [5, 5.41) is 3.20. The van der Waals surface area contributed by atoms with E-state index in [0.29, 0.717) is 23.8 Å². The van der Waals surface area contributed by atoms with Gasteiger partial charge >= 0.3 is 0 Å². The van der Waals surface area contributed by atoms with Crippen molar-refractivity contribution in [1.29, 1.82) is 0 Å². The van der Waals surface area contributed by atoms with Crippen LogP contribution >= 0.6 is 0 Å². The van der Waals surface area contributed by atoms with Crippen molar-refractivity contribution in [3.63, 3.8) is 0 Å². The molecule has 3 heteroatoms. The SMILES string of the molecule is CC(C)C[C@@H](NC(=O)c1ccccc1OCc1ccccc1)c1ccccc1. The van der Waals surface area contributed by atoms with E-state index in [1.165, 1.54) is 0 Å². The van der Waals surface area contributed by atoms with Crippen molar-refractivity contribution in [3.8, 4) is 5.75 Å². The van der Waals surface area contributed by atoms with Crippen molar-refractivity contribution in [3.05, 3.63) is 102 Å². The summed E-state index contributed by atoms with van der Waals surface area (Å²) in [5.74, 6) is 0.952. The standard InChI is InChI=1S/C25H27NO2/c1-19(2)17-23(21-13-7-4-8-14-21)26-25(27)22-15-9-10-16-24(22)28-18-20-11-5-3-6-12-20/h3-16,19,23H,17-18H2,1-2H3,(H,26,27)/t23-/m1/s1. The zero-order chi connectivity index (χ0) is 19.8. The number of carbonyl (C=O) groups is 1. The molecule has 0 saturated heterocycles. The van der Waals surface area contributed by atoms with Gasteiger partial charge in [0.1, 0.15) is 12.4 Å². The average molecular weight is 373 g/mol. The first-order chi connectivity index (χ1) is 13.6. The zero-order valence-electron chi connectivity index (χ0n) is 16.5. The quantitative estimate of drug-likeness (QED) is 0.543. The van der Waals surface area contributed by atoms with Crippen LogP contribution in [0, 0.1) is 5.92 Å². The summed E-state index contributed by atoms with van der Waals surface area (Å²) >= 11 is 0. The Balaban J connectivity index is 1.75. The highest BCUT2D eigenvalue weighted by molar-refractivity contribution is 5.97. The van der Waals surface area contributed by atoms with Gasteiger partial charge in [-0.05, 0) is 35.6 Å². The molecule has 1 amide bonds. The molecule has 0 aliphatic rings. The van der Waals surface area contributed by atoms with Crippen molar-refractivity contribution in [1.82, 2.24) is 5.32 Å². The maximum atomic E-state index is 13.1. The third kappa shape index (κ3) is 5.46. The smallest absolute Gasteiger partial charge is 0.255 e. The third-order valence-corrected chi connectivity index (χ3v) is 4.58. The molecule has 0 heterocycles. The monoisotopic (exact) mass is 373 g/mol.